The molecule has 13 heteroatoms. The predicted octanol–water partition coefficient (Wildman–Crippen LogP) is 11.6. The van der Waals surface area contributed by atoms with Gasteiger partial charge in [0.05, 0.1) is 23.9 Å². The van der Waals surface area contributed by atoms with Gasteiger partial charge in [0.1, 0.15) is 17.1 Å². The van der Waals surface area contributed by atoms with Crippen molar-refractivity contribution in [2.45, 2.75) is 122 Å². The van der Waals surface area contributed by atoms with Crippen molar-refractivity contribution in [2.75, 3.05) is 18.1 Å². The summed E-state index contributed by atoms with van der Waals surface area (Å²) in [5.74, 6) is 0.792. The Morgan fingerprint density at radius 3 is 2.28 bits per heavy atom. The summed E-state index contributed by atoms with van der Waals surface area (Å²) < 4.78 is 18.5. The number of benzene rings is 4. The van der Waals surface area contributed by atoms with Crippen LogP contribution in [0.15, 0.2) is 108 Å². The van der Waals surface area contributed by atoms with Gasteiger partial charge in [-0.05, 0) is 130 Å². The van der Waals surface area contributed by atoms with Crippen molar-refractivity contribution < 1.29 is 33.7 Å². The van der Waals surface area contributed by atoms with Crippen LogP contribution in [0.1, 0.15) is 96.4 Å². The summed E-state index contributed by atoms with van der Waals surface area (Å²) in [6, 6.07) is 30.2. The van der Waals surface area contributed by atoms with Crippen molar-refractivity contribution >= 4 is 43.2 Å². The minimum Gasteiger partial charge on any atom is -0.506 e. The topological polar surface area (TPSA) is 162 Å². The van der Waals surface area contributed by atoms with Gasteiger partial charge < -0.3 is 39.7 Å². The van der Waals surface area contributed by atoms with E-state index in [0.717, 1.165) is 39.0 Å². The summed E-state index contributed by atoms with van der Waals surface area (Å²) in [5, 5.41) is 28.4. The average Bonchev–Trinajstić information content (AvgIpc) is 3.24. The largest absolute Gasteiger partial charge is 0.506 e. The van der Waals surface area contributed by atoms with Gasteiger partial charge in [-0.15, -0.1) is 0 Å². The van der Waals surface area contributed by atoms with Crippen LogP contribution in [-0.4, -0.2) is 66.5 Å². The van der Waals surface area contributed by atoms with Gasteiger partial charge in [0.25, 0.3) is 0 Å². The fraction of sp³-hybridized carbons (Fsp3) is 0.404. The fourth-order valence-electron chi connectivity index (χ4n) is 7.93. The molecule has 1 heterocycles. The van der Waals surface area contributed by atoms with Crippen LogP contribution >= 0.6 is 0 Å². The molecule has 6 rings (SSSR count). The number of fused-ring (bicyclic) bond motifs is 1. The second-order valence-electron chi connectivity index (χ2n) is 19.4. The maximum atomic E-state index is 12.9. The number of nitrogens with one attached hydrogen (secondary N) is 3. The number of alkyl carbamates (subject to hydrolysis) is 1. The molecule has 0 saturated heterocycles. The summed E-state index contributed by atoms with van der Waals surface area (Å²) in [6.45, 7) is 18.2. The Bertz CT molecular complexity index is 2480. The van der Waals surface area contributed by atoms with Gasteiger partial charge in [-0.25, -0.2) is 9.59 Å². The third-order valence-corrected chi connectivity index (χ3v) is 16.8. The number of rotatable bonds is 16. The normalized spacial score (nSPS) is 16.3. The van der Waals surface area contributed by atoms with E-state index in [1.54, 1.807) is 12.1 Å². The Balaban J connectivity index is 1.05. The molecule has 1 atom stereocenters. The molecule has 346 valence electrons. The first-order valence-corrected chi connectivity index (χ1v) is 25.5. The summed E-state index contributed by atoms with van der Waals surface area (Å²) in [7, 11) is -2.21. The standard InChI is InChI=1S/C52H66N4O8Si/c1-51(2,3)63-49(59)54-38-20-22-39(23-21-38)56(50(60)61)44-28-19-35(32-43(44)37-15-10-9-11-16-37)14-12-13-31-62-40-24-17-36(18-25-40)33-53-34-46(64-65(7,8)52(4,5)6)41-26-29-45(57)48-42(41)27-30-47(58)55-48/h9-12,14-19,24-30,32,38-39,46,53,57H,13,20-23,31,33-34H2,1-8H3,(H,54,59)(H,55,58)(H,60,61)/t38?,39?,46-/m0/s1. The number of carbonyl (C=O) groups excluding carboxylic acids is 1. The highest BCUT2D eigenvalue weighted by molar-refractivity contribution is 6.74. The van der Waals surface area contributed by atoms with Crippen LogP contribution < -0.4 is 25.8 Å². The SMILES string of the molecule is CC(C)(C)OC(=O)NC1CCC(N(C(=O)O)c2ccc(C=CCCOc3ccc(CNC[C@H](O[Si](C)(C)C(C)(C)C)c4ccc(O)c5[nH]c(=O)ccc45)cc3)cc2-c2ccccc2)CC1. The predicted molar refractivity (Wildman–Crippen MR) is 262 cm³/mol. The maximum Gasteiger partial charge on any atom is 0.412 e. The number of anilines is 1. The number of pyridine rings is 1. The van der Waals surface area contributed by atoms with Crippen LogP contribution in [0.2, 0.25) is 18.1 Å². The number of aromatic hydroxyl groups is 1. The lowest BCUT2D eigenvalue weighted by Crippen LogP contribution is -2.47. The summed E-state index contributed by atoms with van der Waals surface area (Å²) >= 11 is 0. The summed E-state index contributed by atoms with van der Waals surface area (Å²) in [6.07, 6.45) is 5.54. The van der Waals surface area contributed by atoms with Crippen LogP contribution in [0.25, 0.3) is 28.1 Å². The molecule has 0 radical (unpaired) electrons. The lowest BCUT2D eigenvalue weighted by Gasteiger charge is -2.39. The van der Waals surface area contributed by atoms with Gasteiger partial charge in [-0.1, -0.05) is 87.5 Å². The van der Waals surface area contributed by atoms with E-state index in [0.29, 0.717) is 63.0 Å². The number of nitrogens with zero attached hydrogens (tertiary/aromatic N) is 1. The third-order valence-electron chi connectivity index (χ3n) is 12.3. The first kappa shape index (κ1) is 48.6. The van der Waals surface area contributed by atoms with Crippen molar-refractivity contribution in [1.82, 2.24) is 15.6 Å². The van der Waals surface area contributed by atoms with E-state index in [-0.39, 0.29) is 34.5 Å². The molecular formula is C52H66N4O8Si. The van der Waals surface area contributed by atoms with E-state index in [9.17, 15) is 24.6 Å². The molecule has 1 aliphatic carbocycles. The second kappa shape index (κ2) is 20.9. The molecule has 1 fully saturated rings. The number of carboxylic acid groups (broad SMARTS) is 1. The first-order chi connectivity index (χ1) is 30.8. The molecule has 5 aromatic rings. The van der Waals surface area contributed by atoms with Gasteiger partial charge in [0, 0.05) is 42.2 Å². The Morgan fingerprint density at radius 2 is 1.62 bits per heavy atom. The highest BCUT2D eigenvalue weighted by Crippen LogP contribution is 2.41. The Hall–Kier alpha value is -5.89. The zero-order chi connectivity index (χ0) is 46.9. The highest BCUT2D eigenvalue weighted by atomic mass is 28.4. The smallest absolute Gasteiger partial charge is 0.412 e. The Labute approximate surface area is 384 Å². The number of ether oxygens (including phenoxy) is 2. The zero-order valence-corrected chi connectivity index (χ0v) is 40.1. The molecule has 2 amide bonds. The van der Waals surface area contributed by atoms with Crippen LogP contribution in [0.3, 0.4) is 0 Å². The second-order valence-corrected chi connectivity index (χ2v) is 24.2. The molecule has 12 nitrogen and oxygen atoms in total. The van der Waals surface area contributed by atoms with Crippen LogP contribution in [0.5, 0.6) is 11.5 Å². The van der Waals surface area contributed by atoms with Gasteiger partial charge in [0.2, 0.25) is 5.56 Å². The number of aromatic nitrogens is 1. The minimum absolute atomic E-state index is 0.0196. The Kier molecular flexibility index (Phi) is 15.7. The molecule has 0 unspecified atom stereocenters. The molecule has 5 N–H and O–H groups in total. The van der Waals surface area contributed by atoms with Crippen LogP contribution in [0.4, 0.5) is 15.3 Å². The van der Waals surface area contributed by atoms with E-state index < -0.39 is 26.1 Å². The van der Waals surface area contributed by atoms with Crippen molar-refractivity contribution in [3.8, 4) is 22.6 Å². The number of hydrogen-bond donors (Lipinski definition) is 5. The van der Waals surface area contributed by atoms with Crippen molar-refractivity contribution in [2.24, 2.45) is 0 Å². The van der Waals surface area contributed by atoms with E-state index in [2.05, 4.69) is 55.6 Å². The van der Waals surface area contributed by atoms with Gasteiger partial charge in [-0.3, -0.25) is 9.69 Å². The number of amides is 2. The van der Waals surface area contributed by atoms with E-state index in [4.69, 9.17) is 13.9 Å². The number of H-pyrrole nitrogens is 1. The highest BCUT2D eigenvalue weighted by Gasteiger charge is 2.40. The van der Waals surface area contributed by atoms with Crippen molar-refractivity contribution in [1.29, 1.82) is 0 Å². The molecule has 65 heavy (non-hydrogen) atoms. The molecule has 0 spiro atoms. The number of carbonyl (C=O) groups is 2. The number of aromatic amines is 1. The minimum atomic E-state index is -2.21. The van der Waals surface area contributed by atoms with Crippen LogP contribution in [-0.2, 0) is 15.7 Å². The summed E-state index contributed by atoms with van der Waals surface area (Å²) in [4.78, 5) is 41.7. The summed E-state index contributed by atoms with van der Waals surface area (Å²) in [5.41, 5.74) is 4.88. The molecular weight excluding hydrogens is 837 g/mol. The number of hydrogen-bond acceptors (Lipinski definition) is 8. The number of phenols is 1. The van der Waals surface area contributed by atoms with Crippen molar-refractivity contribution in [3.05, 3.63) is 130 Å². The molecule has 0 bridgehead atoms. The van der Waals surface area contributed by atoms with Gasteiger partial charge in [0.15, 0.2) is 8.32 Å². The maximum absolute atomic E-state index is 12.9. The van der Waals surface area contributed by atoms with E-state index in [1.165, 1.54) is 11.0 Å². The van der Waals surface area contributed by atoms with E-state index >= 15 is 0 Å². The van der Waals surface area contributed by atoms with Gasteiger partial charge in [-0.2, -0.15) is 0 Å². The molecule has 1 aliphatic rings. The quantitative estimate of drug-likeness (QED) is 0.0479. The van der Waals surface area contributed by atoms with E-state index in [1.807, 2.05) is 106 Å². The van der Waals surface area contributed by atoms with Crippen molar-refractivity contribution in [3.63, 3.8) is 0 Å². The molecule has 1 saturated carbocycles. The first-order valence-electron chi connectivity index (χ1n) is 22.6. The molecule has 0 aliphatic heterocycles. The van der Waals surface area contributed by atoms with Gasteiger partial charge >= 0.3 is 12.2 Å². The molecule has 4 aromatic carbocycles. The molecule has 1 aromatic heterocycles. The lowest BCUT2D eigenvalue weighted by atomic mass is 9.89. The lowest BCUT2D eigenvalue weighted by molar-refractivity contribution is 0.0490. The average molecular weight is 903 g/mol. The number of phenolic OH excluding ortho intramolecular Hbond substituents is 1. The zero-order valence-electron chi connectivity index (χ0n) is 39.1. The fourth-order valence-corrected chi connectivity index (χ4v) is 9.20. The van der Waals surface area contributed by atoms with Crippen LogP contribution in [0, 0.1) is 0 Å². The monoisotopic (exact) mass is 902 g/mol. The Morgan fingerprint density at radius 1 is 0.908 bits per heavy atom. The third kappa shape index (κ3) is 13.1.